The van der Waals surface area contributed by atoms with Gasteiger partial charge < -0.3 is 19.5 Å². The molecule has 7 nitrogen and oxygen atoms in total. The van der Waals surface area contributed by atoms with Crippen LogP contribution in [0, 0.1) is 6.92 Å². The van der Waals surface area contributed by atoms with Crippen LogP contribution in [0.1, 0.15) is 18.6 Å². The molecule has 0 aromatic carbocycles. The number of halogens is 1. The number of amides is 1. The zero-order valence-electron chi connectivity index (χ0n) is 11.7. The molecule has 112 valence electrons. The largest absolute Gasteiger partial charge is 0.362 e. The van der Waals surface area contributed by atoms with Gasteiger partial charge in [0.1, 0.15) is 18.9 Å². The topological polar surface area (TPSA) is 80.5 Å². The summed E-state index contributed by atoms with van der Waals surface area (Å²) in [6.07, 6.45) is 0. The van der Waals surface area contributed by atoms with Crippen molar-refractivity contribution in [3.8, 4) is 0 Å². The number of carbonyl (C=O) groups excluding carboxylic acids is 1. The molecule has 0 saturated carbocycles. The molecule has 1 aliphatic rings. The van der Waals surface area contributed by atoms with Crippen LogP contribution in [0.15, 0.2) is 4.52 Å². The van der Waals surface area contributed by atoms with Crippen LogP contribution in [-0.2, 0) is 16.1 Å². The molecule has 2 rings (SSSR count). The van der Waals surface area contributed by atoms with E-state index < -0.39 is 5.67 Å². The Labute approximate surface area is 116 Å². The Morgan fingerprint density at radius 2 is 2.45 bits per heavy atom. The summed E-state index contributed by atoms with van der Waals surface area (Å²) in [7, 11) is 0. The Bertz CT molecular complexity index is 463. The number of aryl methyl sites for hydroxylation is 1. The van der Waals surface area contributed by atoms with Crippen molar-refractivity contribution in [1.29, 1.82) is 0 Å². The minimum atomic E-state index is -1.42. The Balaban J connectivity index is 1.79. The fraction of sp³-hybridized carbons (Fsp3) is 0.750. The Morgan fingerprint density at radius 1 is 1.65 bits per heavy atom. The maximum atomic E-state index is 14.0. The molecule has 8 heteroatoms. The second-order valence-corrected chi connectivity index (χ2v) is 5.13. The number of carbonyl (C=O) groups is 1. The molecule has 2 heterocycles. The average Bonchev–Trinajstić information content (AvgIpc) is 2.69. The smallest absolute Gasteiger partial charge is 0.252 e. The third kappa shape index (κ3) is 4.24. The first-order valence-corrected chi connectivity index (χ1v) is 6.51. The molecule has 1 fully saturated rings. The summed E-state index contributed by atoms with van der Waals surface area (Å²) in [4.78, 5) is 17.4. The van der Waals surface area contributed by atoms with Gasteiger partial charge in [-0.1, -0.05) is 5.16 Å². The van der Waals surface area contributed by atoms with E-state index in [1.54, 1.807) is 6.92 Å². The SMILES string of the molecule is Cc1noc(COCC(=O)N2CCNCC(C)(F)C2)n1. The number of hydrogen-bond acceptors (Lipinski definition) is 6. The van der Waals surface area contributed by atoms with Gasteiger partial charge >= 0.3 is 0 Å². The summed E-state index contributed by atoms with van der Waals surface area (Å²) in [5.41, 5.74) is -1.42. The van der Waals surface area contributed by atoms with Crippen LogP contribution in [0.5, 0.6) is 0 Å². The molecular formula is C12H19FN4O3. The first-order chi connectivity index (χ1) is 9.46. The molecule has 1 unspecified atom stereocenters. The zero-order valence-corrected chi connectivity index (χ0v) is 11.7. The van der Waals surface area contributed by atoms with Crippen molar-refractivity contribution >= 4 is 5.91 Å². The Hall–Kier alpha value is -1.54. The molecule has 1 aliphatic heterocycles. The van der Waals surface area contributed by atoms with E-state index >= 15 is 0 Å². The lowest BCUT2D eigenvalue weighted by atomic mass is 10.1. The van der Waals surface area contributed by atoms with Crippen molar-refractivity contribution in [2.75, 3.05) is 32.8 Å². The van der Waals surface area contributed by atoms with E-state index in [4.69, 9.17) is 9.26 Å². The van der Waals surface area contributed by atoms with Crippen LogP contribution in [0.3, 0.4) is 0 Å². The molecule has 1 saturated heterocycles. The van der Waals surface area contributed by atoms with Crippen LogP contribution in [0.2, 0.25) is 0 Å². The average molecular weight is 286 g/mol. The van der Waals surface area contributed by atoms with Crippen LogP contribution in [0.25, 0.3) is 0 Å². The number of aromatic nitrogens is 2. The molecule has 0 radical (unpaired) electrons. The van der Waals surface area contributed by atoms with E-state index in [1.165, 1.54) is 11.8 Å². The molecule has 0 spiro atoms. The highest BCUT2D eigenvalue weighted by Crippen LogP contribution is 2.13. The molecule has 1 atom stereocenters. The maximum absolute atomic E-state index is 14.0. The third-order valence-corrected chi connectivity index (χ3v) is 2.95. The van der Waals surface area contributed by atoms with Gasteiger partial charge in [-0.15, -0.1) is 0 Å². The predicted octanol–water partition coefficient (Wildman–Crippen LogP) is 0.0546. The van der Waals surface area contributed by atoms with Crippen molar-refractivity contribution in [3.05, 3.63) is 11.7 Å². The third-order valence-electron chi connectivity index (χ3n) is 2.95. The molecule has 20 heavy (non-hydrogen) atoms. The molecule has 1 aromatic heterocycles. The highest BCUT2D eigenvalue weighted by atomic mass is 19.1. The second kappa shape index (κ2) is 6.27. The van der Waals surface area contributed by atoms with Gasteiger partial charge in [-0.25, -0.2) is 4.39 Å². The first kappa shape index (κ1) is 14.9. The lowest BCUT2D eigenvalue weighted by Gasteiger charge is -2.25. The van der Waals surface area contributed by atoms with Gasteiger partial charge in [0.15, 0.2) is 5.82 Å². The highest BCUT2D eigenvalue weighted by molar-refractivity contribution is 5.77. The normalized spacial score (nSPS) is 23.6. The van der Waals surface area contributed by atoms with E-state index in [2.05, 4.69) is 15.5 Å². The fourth-order valence-electron chi connectivity index (χ4n) is 2.02. The van der Waals surface area contributed by atoms with Gasteiger partial charge in [0.05, 0.1) is 6.54 Å². The van der Waals surface area contributed by atoms with Crippen molar-refractivity contribution in [1.82, 2.24) is 20.4 Å². The summed E-state index contributed by atoms with van der Waals surface area (Å²) in [5, 5.41) is 6.58. The number of rotatable bonds is 4. The predicted molar refractivity (Wildman–Crippen MR) is 67.7 cm³/mol. The van der Waals surface area contributed by atoms with Crippen molar-refractivity contribution < 1.29 is 18.4 Å². The number of alkyl halides is 1. The molecular weight excluding hydrogens is 267 g/mol. The van der Waals surface area contributed by atoms with Crippen molar-refractivity contribution in [3.63, 3.8) is 0 Å². The number of nitrogens with one attached hydrogen (secondary N) is 1. The summed E-state index contributed by atoms with van der Waals surface area (Å²) in [6, 6.07) is 0. The van der Waals surface area contributed by atoms with E-state index in [9.17, 15) is 9.18 Å². The van der Waals surface area contributed by atoms with E-state index in [0.29, 0.717) is 24.8 Å². The monoisotopic (exact) mass is 286 g/mol. The summed E-state index contributed by atoms with van der Waals surface area (Å²) in [6.45, 7) is 4.50. The van der Waals surface area contributed by atoms with Gasteiger partial charge in [-0.2, -0.15) is 4.98 Å². The number of hydrogen-bond donors (Lipinski definition) is 1. The van der Waals surface area contributed by atoms with Crippen LogP contribution in [-0.4, -0.2) is 59.4 Å². The van der Waals surface area contributed by atoms with Gasteiger partial charge in [0.25, 0.3) is 5.89 Å². The minimum absolute atomic E-state index is 0.0713. The Morgan fingerprint density at radius 3 is 3.15 bits per heavy atom. The van der Waals surface area contributed by atoms with Crippen molar-refractivity contribution in [2.45, 2.75) is 26.1 Å². The minimum Gasteiger partial charge on any atom is -0.362 e. The van der Waals surface area contributed by atoms with E-state index in [1.807, 2.05) is 0 Å². The maximum Gasteiger partial charge on any atom is 0.252 e. The van der Waals surface area contributed by atoms with Crippen LogP contribution in [0.4, 0.5) is 4.39 Å². The quantitative estimate of drug-likeness (QED) is 0.842. The van der Waals surface area contributed by atoms with Gasteiger partial charge in [0, 0.05) is 19.6 Å². The lowest BCUT2D eigenvalue weighted by Crippen LogP contribution is -2.43. The molecule has 0 bridgehead atoms. The zero-order chi connectivity index (χ0) is 14.6. The highest BCUT2D eigenvalue weighted by Gasteiger charge is 2.30. The fourth-order valence-corrected chi connectivity index (χ4v) is 2.02. The van der Waals surface area contributed by atoms with Crippen LogP contribution >= 0.6 is 0 Å². The lowest BCUT2D eigenvalue weighted by molar-refractivity contribution is -0.138. The first-order valence-electron chi connectivity index (χ1n) is 6.51. The molecule has 0 aliphatic carbocycles. The molecule has 1 amide bonds. The number of nitrogens with zero attached hydrogens (tertiary/aromatic N) is 3. The summed E-state index contributed by atoms with van der Waals surface area (Å²) < 4.78 is 24.1. The molecule has 1 N–H and O–H groups in total. The Kier molecular flexibility index (Phi) is 4.66. The van der Waals surface area contributed by atoms with E-state index in [0.717, 1.165) is 0 Å². The molecule has 1 aromatic rings. The van der Waals surface area contributed by atoms with Crippen LogP contribution < -0.4 is 5.32 Å². The van der Waals surface area contributed by atoms with Crippen molar-refractivity contribution in [2.24, 2.45) is 0 Å². The van der Waals surface area contributed by atoms with Gasteiger partial charge in [-0.3, -0.25) is 4.79 Å². The van der Waals surface area contributed by atoms with Gasteiger partial charge in [0.2, 0.25) is 5.91 Å². The second-order valence-electron chi connectivity index (χ2n) is 5.13. The standard InChI is InChI=1S/C12H19FN4O3/c1-9-15-10(20-16-9)5-19-6-11(18)17-4-3-14-7-12(2,13)8-17/h14H,3-8H2,1-2H3. The van der Waals surface area contributed by atoms with E-state index in [-0.39, 0.29) is 32.2 Å². The summed E-state index contributed by atoms with van der Waals surface area (Å²) >= 11 is 0. The number of ether oxygens (including phenoxy) is 1. The summed E-state index contributed by atoms with van der Waals surface area (Å²) in [5.74, 6) is 0.596. The van der Waals surface area contributed by atoms with Gasteiger partial charge in [-0.05, 0) is 13.8 Å².